The summed E-state index contributed by atoms with van der Waals surface area (Å²) in [7, 11) is 0. The second-order valence-electron chi connectivity index (χ2n) is 6.10. The Hall–Kier alpha value is -3.13. The molecule has 2 aromatic carbocycles. The van der Waals surface area contributed by atoms with Crippen molar-refractivity contribution in [3.8, 4) is 11.8 Å². The number of benzene rings is 2. The number of nitrogens with zero attached hydrogens (tertiary/aromatic N) is 3. The van der Waals surface area contributed by atoms with Crippen LogP contribution in [0.1, 0.15) is 43.6 Å². The third-order valence-corrected chi connectivity index (χ3v) is 4.46. The van der Waals surface area contributed by atoms with Crippen LogP contribution in [0.3, 0.4) is 0 Å². The van der Waals surface area contributed by atoms with E-state index >= 15 is 0 Å². The molecule has 3 aromatic rings. The van der Waals surface area contributed by atoms with Crippen molar-refractivity contribution in [1.82, 2.24) is 9.55 Å². The predicted molar refractivity (Wildman–Crippen MR) is 100 cm³/mol. The van der Waals surface area contributed by atoms with Crippen LogP contribution in [0.5, 0.6) is 0 Å². The highest BCUT2D eigenvalue weighted by molar-refractivity contribution is 5.80. The molecule has 0 N–H and O–H groups in total. The van der Waals surface area contributed by atoms with E-state index in [4.69, 9.17) is 10.00 Å². The lowest BCUT2D eigenvalue weighted by Gasteiger charge is -2.13. The number of rotatable bonds is 5. The van der Waals surface area contributed by atoms with Crippen molar-refractivity contribution in [1.29, 1.82) is 5.26 Å². The number of fused-ring (bicyclic) bond motifs is 1. The van der Waals surface area contributed by atoms with Crippen LogP contribution >= 0.6 is 0 Å². The number of carbonyl (C=O) groups is 1. The fourth-order valence-electron chi connectivity index (χ4n) is 3.04. The van der Waals surface area contributed by atoms with E-state index in [-0.39, 0.29) is 11.9 Å². The summed E-state index contributed by atoms with van der Waals surface area (Å²) in [5.74, 6) is 0.417. The van der Waals surface area contributed by atoms with Crippen LogP contribution in [0.25, 0.3) is 16.7 Å². The summed E-state index contributed by atoms with van der Waals surface area (Å²) in [4.78, 5) is 16.6. The molecule has 1 aromatic heterocycles. The molecule has 5 heteroatoms. The van der Waals surface area contributed by atoms with Gasteiger partial charge in [-0.1, -0.05) is 19.1 Å². The minimum atomic E-state index is -0.299. The largest absolute Gasteiger partial charge is 0.466 e. The van der Waals surface area contributed by atoms with E-state index in [0.717, 1.165) is 34.5 Å². The summed E-state index contributed by atoms with van der Waals surface area (Å²) in [5, 5.41) is 9.09. The van der Waals surface area contributed by atoms with E-state index in [1.807, 2.05) is 50.2 Å². The molecule has 132 valence electrons. The Balaban J connectivity index is 2.01. The number of nitriles is 1. The summed E-state index contributed by atoms with van der Waals surface area (Å²) in [6, 6.07) is 15.6. The second kappa shape index (κ2) is 7.40. The fourth-order valence-corrected chi connectivity index (χ4v) is 3.04. The summed E-state index contributed by atoms with van der Waals surface area (Å²) in [5.41, 5.74) is 4.27. The van der Waals surface area contributed by atoms with Gasteiger partial charge in [-0.15, -0.1) is 0 Å². The molecular weight excluding hydrogens is 326 g/mol. The maximum absolute atomic E-state index is 11.9. The molecule has 1 heterocycles. The SMILES string of the molecule is CCOC(=O)C(C)c1ccc(-n2c(CC)nc3cc(C#N)ccc32)cc1. The minimum absolute atomic E-state index is 0.216. The van der Waals surface area contributed by atoms with Gasteiger partial charge < -0.3 is 4.74 Å². The molecule has 26 heavy (non-hydrogen) atoms. The predicted octanol–water partition coefficient (Wildman–Crippen LogP) is 4.13. The highest BCUT2D eigenvalue weighted by atomic mass is 16.5. The van der Waals surface area contributed by atoms with Crippen LogP contribution in [-0.2, 0) is 16.0 Å². The standard InChI is InChI=1S/C21H21N3O2/c1-4-20-23-18-12-15(13-22)6-11-19(18)24(20)17-9-7-16(8-10-17)14(3)21(25)26-5-2/h6-12,14H,4-5H2,1-3H3. The molecule has 3 rings (SSSR count). The van der Waals surface area contributed by atoms with Gasteiger partial charge in [0.2, 0.25) is 0 Å². The fraction of sp³-hybridized carbons (Fsp3) is 0.286. The topological polar surface area (TPSA) is 67.9 Å². The van der Waals surface area contributed by atoms with Crippen LogP contribution in [0.15, 0.2) is 42.5 Å². The first-order valence-corrected chi connectivity index (χ1v) is 8.77. The molecule has 1 unspecified atom stereocenters. The summed E-state index contributed by atoms with van der Waals surface area (Å²) in [6.07, 6.45) is 0.775. The highest BCUT2D eigenvalue weighted by Gasteiger charge is 2.17. The van der Waals surface area contributed by atoms with Crippen molar-refractivity contribution in [2.75, 3.05) is 6.61 Å². The van der Waals surface area contributed by atoms with E-state index < -0.39 is 0 Å². The van der Waals surface area contributed by atoms with E-state index in [0.29, 0.717) is 12.2 Å². The Morgan fingerprint density at radius 2 is 1.96 bits per heavy atom. The van der Waals surface area contributed by atoms with Gasteiger partial charge in [-0.3, -0.25) is 9.36 Å². The second-order valence-corrected chi connectivity index (χ2v) is 6.10. The molecule has 1 atom stereocenters. The number of carbonyl (C=O) groups excluding carboxylic acids is 1. The van der Waals surface area contributed by atoms with E-state index in [9.17, 15) is 4.79 Å². The molecule has 0 amide bonds. The molecule has 0 radical (unpaired) electrons. The quantitative estimate of drug-likeness (QED) is 0.651. The summed E-state index contributed by atoms with van der Waals surface area (Å²) in [6.45, 7) is 6.09. The van der Waals surface area contributed by atoms with Crippen LogP contribution in [-0.4, -0.2) is 22.1 Å². The molecule has 0 bridgehead atoms. The zero-order chi connectivity index (χ0) is 18.7. The number of aromatic nitrogens is 2. The Kier molecular flexibility index (Phi) is 5.04. The smallest absolute Gasteiger partial charge is 0.313 e. The Labute approximate surface area is 152 Å². The van der Waals surface area contributed by atoms with E-state index in [1.54, 1.807) is 6.07 Å². The number of aryl methyl sites for hydroxylation is 1. The molecule has 0 fully saturated rings. The first-order valence-electron chi connectivity index (χ1n) is 8.77. The third-order valence-electron chi connectivity index (χ3n) is 4.46. The normalized spacial score (nSPS) is 11.9. The Morgan fingerprint density at radius 3 is 2.58 bits per heavy atom. The molecule has 0 aliphatic carbocycles. The van der Waals surface area contributed by atoms with Crippen molar-refractivity contribution in [2.24, 2.45) is 0 Å². The lowest BCUT2D eigenvalue weighted by molar-refractivity contribution is -0.144. The average molecular weight is 347 g/mol. The van der Waals surface area contributed by atoms with E-state index in [2.05, 4.69) is 22.5 Å². The van der Waals surface area contributed by atoms with Crippen molar-refractivity contribution in [3.63, 3.8) is 0 Å². The van der Waals surface area contributed by atoms with Gasteiger partial charge in [0.1, 0.15) is 5.82 Å². The van der Waals surface area contributed by atoms with Crippen molar-refractivity contribution >= 4 is 17.0 Å². The van der Waals surface area contributed by atoms with Gasteiger partial charge in [0.05, 0.1) is 35.2 Å². The third kappa shape index (κ3) is 3.18. The van der Waals surface area contributed by atoms with Gasteiger partial charge in [0, 0.05) is 12.1 Å². The lowest BCUT2D eigenvalue weighted by atomic mass is 10.0. The summed E-state index contributed by atoms with van der Waals surface area (Å²) >= 11 is 0. The zero-order valence-electron chi connectivity index (χ0n) is 15.2. The molecule has 0 aliphatic rings. The number of ether oxygens (including phenoxy) is 1. The van der Waals surface area contributed by atoms with Crippen molar-refractivity contribution < 1.29 is 9.53 Å². The minimum Gasteiger partial charge on any atom is -0.466 e. The van der Waals surface area contributed by atoms with Gasteiger partial charge in [-0.25, -0.2) is 4.98 Å². The van der Waals surface area contributed by atoms with Crippen LogP contribution in [0, 0.1) is 11.3 Å². The number of esters is 1. The van der Waals surface area contributed by atoms with E-state index in [1.165, 1.54) is 0 Å². The monoisotopic (exact) mass is 347 g/mol. The average Bonchev–Trinajstić information content (AvgIpc) is 3.05. The molecule has 0 spiro atoms. The molecule has 5 nitrogen and oxygen atoms in total. The first-order chi connectivity index (χ1) is 12.6. The Morgan fingerprint density at radius 1 is 1.23 bits per heavy atom. The van der Waals surface area contributed by atoms with Gasteiger partial charge in [-0.05, 0) is 49.7 Å². The number of hydrogen-bond donors (Lipinski definition) is 0. The highest BCUT2D eigenvalue weighted by Crippen LogP contribution is 2.25. The van der Waals surface area contributed by atoms with Gasteiger partial charge in [0.25, 0.3) is 0 Å². The van der Waals surface area contributed by atoms with Crippen molar-refractivity contribution in [3.05, 3.63) is 59.4 Å². The Bertz CT molecular complexity index is 981. The lowest BCUT2D eigenvalue weighted by Crippen LogP contribution is -2.13. The number of imidazole rings is 1. The molecule has 0 aliphatic heterocycles. The van der Waals surface area contributed by atoms with Gasteiger partial charge in [-0.2, -0.15) is 5.26 Å². The van der Waals surface area contributed by atoms with Crippen LogP contribution in [0.4, 0.5) is 0 Å². The maximum atomic E-state index is 11.9. The van der Waals surface area contributed by atoms with Crippen molar-refractivity contribution in [2.45, 2.75) is 33.1 Å². The maximum Gasteiger partial charge on any atom is 0.313 e. The first kappa shape index (κ1) is 17.7. The molecule has 0 saturated heterocycles. The van der Waals surface area contributed by atoms with Crippen LogP contribution < -0.4 is 0 Å². The number of hydrogen-bond acceptors (Lipinski definition) is 4. The van der Waals surface area contributed by atoms with Gasteiger partial charge >= 0.3 is 5.97 Å². The zero-order valence-corrected chi connectivity index (χ0v) is 15.2. The van der Waals surface area contributed by atoms with Gasteiger partial charge in [0.15, 0.2) is 0 Å². The molecular formula is C21H21N3O2. The van der Waals surface area contributed by atoms with Crippen LogP contribution in [0.2, 0.25) is 0 Å². The summed E-state index contributed by atoms with van der Waals surface area (Å²) < 4.78 is 7.19. The molecule has 0 saturated carbocycles.